The average molecular weight is 264 g/mol. The molecule has 0 spiro atoms. The van der Waals surface area contributed by atoms with Gasteiger partial charge in [-0.25, -0.2) is 0 Å². The van der Waals surface area contributed by atoms with Crippen LogP contribution in [0.25, 0.3) is 0 Å². The third kappa shape index (κ3) is 3.38. The maximum absolute atomic E-state index is 11.6. The van der Waals surface area contributed by atoms with E-state index in [1.807, 2.05) is 4.57 Å². The molecular weight excluding hydrogens is 240 g/mol. The van der Waals surface area contributed by atoms with Crippen LogP contribution in [0.1, 0.15) is 45.2 Å². The van der Waals surface area contributed by atoms with Gasteiger partial charge >= 0.3 is 0 Å². The Balaban J connectivity index is 2.22. The fraction of sp³-hybridized carbons (Fsp3) is 0.667. The molecule has 0 amide bonds. The monoisotopic (exact) mass is 264 g/mol. The van der Waals surface area contributed by atoms with Crippen molar-refractivity contribution >= 4 is 0 Å². The molecule has 0 saturated carbocycles. The van der Waals surface area contributed by atoms with E-state index in [0.717, 1.165) is 31.7 Å². The maximum Gasteiger partial charge on any atom is 0.223 e. The smallest absolute Gasteiger partial charge is 0.223 e. The van der Waals surface area contributed by atoms with Gasteiger partial charge in [0.25, 0.3) is 0 Å². The summed E-state index contributed by atoms with van der Waals surface area (Å²) >= 11 is 0. The first kappa shape index (κ1) is 14.1. The van der Waals surface area contributed by atoms with E-state index in [2.05, 4.69) is 18.7 Å². The summed E-state index contributed by atoms with van der Waals surface area (Å²) in [5.41, 5.74) is 0.741. The summed E-state index contributed by atoms with van der Waals surface area (Å²) in [6.45, 7) is 7.09. The number of aryl methyl sites for hydroxylation is 1. The SMILES string of the molecule is CCCn1cc(O)c(=O)cc1CN1CCCCC1C. The highest BCUT2D eigenvalue weighted by Crippen LogP contribution is 2.19. The maximum atomic E-state index is 11.6. The Labute approximate surface area is 114 Å². The van der Waals surface area contributed by atoms with Crippen molar-refractivity contribution < 1.29 is 5.11 Å². The fourth-order valence-electron chi connectivity index (χ4n) is 2.79. The lowest BCUT2D eigenvalue weighted by Crippen LogP contribution is -2.37. The van der Waals surface area contributed by atoms with Crippen molar-refractivity contribution in [3.63, 3.8) is 0 Å². The Morgan fingerprint density at radius 2 is 2.21 bits per heavy atom. The van der Waals surface area contributed by atoms with E-state index >= 15 is 0 Å². The van der Waals surface area contributed by atoms with Gasteiger partial charge in [-0.3, -0.25) is 9.69 Å². The third-order valence-corrected chi connectivity index (χ3v) is 3.97. The summed E-state index contributed by atoms with van der Waals surface area (Å²) in [7, 11) is 0. The third-order valence-electron chi connectivity index (χ3n) is 3.97. The minimum atomic E-state index is -0.271. The van der Waals surface area contributed by atoms with Gasteiger partial charge in [0.1, 0.15) is 0 Å². The van der Waals surface area contributed by atoms with E-state index in [4.69, 9.17) is 0 Å². The minimum Gasteiger partial charge on any atom is -0.503 e. The molecule has 0 radical (unpaired) electrons. The molecule has 0 aromatic carbocycles. The van der Waals surface area contributed by atoms with Crippen LogP contribution in [0, 0.1) is 0 Å². The molecule has 1 N–H and O–H groups in total. The molecule has 1 aliphatic heterocycles. The number of piperidine rings is 1. The van der Waals surface area contributed by atoms with Gasteiger partial charge < -0.3 is 9.67 Å². The Hall–Kier alpha value is -1.29. The number of aromatic hydroxyl groups is 1. The fourth-order valence-corrected chi connectivity index (χ4v) is 2.79. The number of rotatable bonds is 4. The molecule has 1 aromatic rings. The molecule has 4 nitrogen and oxygen atoms in total. The number of hydrogen-bond acceptors (Lipinski definition) is 3. The molecular formula is C15H24N2O2. The van der Waals surface area contributed by atoms with E-state index in [1.54, 1.807) is 12.3 Å². The second-order valence-corrected chi connectivity index (χ2v) is 5.52. The number of pyridine rings is 1. The van der Waals surface area contributed by atoms with Gasteiger partial charge in [-0.05, 0) is 32.7 Å². The van der Waals surface area contributed by atoms with Crippen LogP contribution in [0.4, 0.5) is 0 Å². The van der Waals surface area contributed by atoms with Crippen molar-refractivity contribution in [2.24, 2.45) is 0 Å². The standard InChI is InChI=1S/C15H24N2O2/c1-3-7-17-11-15(19)14(18)9-13(17)10-16-8-5-4-6-12(16)2/h9,11-12,19H,3-8,10H2,1-2H3. The highest BCUT2D eigenvalue weighted by atomic mass is 16.3. The molecule has 2 heterocycles. The molecule has 1 atom stereocenters. The first-order valence-corrected chi connectivity index (χ1v) is 7.28. The summed E-state index contributed by atoms with van der Waals surface area (Å²) in [6.07, 6.45) is 6.34. The normalized spacial score (nSPS) is 20.6. The van der Waals surface area contributed by atoms with Crippen LogP contribution in [0.5, 0.6) is 5.75 Å². The molecule has 0 bridgehead atoms. The van der Waals surface area contributed by atoms with Crippen LogP contribution in [0.2, 0.25) is 0 Å². The first-order valence-electron chi connectivity index (χ1n) is 7.28. The van der Waals surface area contributed by atoms with Crippen molar-refractivity contribution in [1.29, 1.82) is 0 Å². The zero-order valence-corrected chi connectivity index (χ0v) is 11.9. The first-order chi connectivity index (χ1) is 9.11. The second kappa shape index (κ2) is 6.24. The largest absolute Gasteiger partial charge is 0.503 e. The highest BCUT2D eigenvalue weighted by molar-refractivity contribution is 5.20. The molecule has 4 heteroatoms. The van der Waals surface area contributed by atoms with Gasteiger partial charge in [0.2, 0.25) is 5.43 Å². The zero-order chi connectivity index (χ0) is 13.8. The van der Waals surface area contributed by atoms with Crippen LogP contribution in [0.3, 0.4) is 0 Å². The summed E-state index contributed by atoms with van der Waals surface area (Å²) < 4.78 is 2.01. The van der Waals surface area contributed by atoms with Crippen LogP contribution < -0.4 is 5.43 Å². The average Bonchev–Trinajstić information content (AvgIpc) is 2.38. The molecule has 2 rings (SSSR count). The van der Waals surface area contributed by atoms with E-state index in [-0.39, 0.29) is 11.2 Å². The molecule has 19 heavy (non-hydrogen) atoms. The lowest BCUT2D eigenvalue weighted by molar-refractivity contribution is 0.148. The molecule has 1 aliphatic rings. The van der Waals surface area contributed by atoms with E-state index < -0.39 is 0 Å². The molecule has 1 fully saturated rings. The number of hydrogen-bond donors (Lipinski definition) is 1. The zero-order valence-electron chi connectivity index (χ0n) is 11.9. The van der Waals surface area contributed by atoms with Gasteiger partial charge in [-0.1, -0.05) is 13.3 Å². The van der Waals surface area contributed by atoms with Gasteiger partial charge in [0.15, 0.2) is 5.75 Å². The summed E-state index contributed by atoms with van der Waals surface area (Å²) in [6, 6.07) is 2.17. The number of aromatic nitrogens is 1. The predicted octanol–water partition coefficient (Wildman–Crippen LogP) is 2.34. The molecule has 1 saturated heterocycles. The van der Waals surface area contributed by atoms with Gasteiger partial charge in [-0.2, -0.15) is 0 Å². The number of nitrogens with zero attached hydrogens (tertiary/aromatic N) is 2. The minimum absolute atomic E-state index is 0.149. The Morgan fingerprint density at radius 1 is 1.42 bits per heavy atom. The van der Waals surface area contributed by atoms with Crippen molar-refractivity contribution in [1.82, 2.24) is 9.47 Å². The summed E-state index contributed by atoms with van der Waals surface area (Å²) in [5, 5.41) is 9.56. The molecule has 1 aromatic heterocycles. The van der Waals surface area contributed by atoms with E-state index in [9.17, 15) is 9.90 Å². The quantitative estimate of drug-likeness (QED) is 0.908. The number of likely N-dealkylation sites (tertiary alicyclic amines) is 1. The van der Waals surface area contributed by atoms with Crippen LogP contribution >= 0.6 is 0 Å². The predicted molar refractivity (Wildman–Crippen MR) is 76.4 cm³/mol. The topological polar surface area (TPSA) is 45.5 Å². The molecule has 1 unspecified atom stereocenters. The van der Waals surface area contributed by atoms with Crippen molar-refractivity contribution in [3.8, 4) is 5.75 Å². The van der Waals surface area contributed by atoms with Crippen molar-refractivity contribution in [2.45, 2.75) is 58.7 Å². The van der Waals surface area contributed by atoms with Crippen LogP contribution in [-0.2, 0) is 13.1 Å². The summed E-state index contributed by atoms with van der Waals surface area (Å²) in [5.74, 6) is -0.149. The van der Waals surface area contributed by atoms with E-state index in [0.29, 0.717) is 6.04 Å². The van der Waals surface area contributed by atoms with Gasteiger partial charge in [0, 0.05) is 30.9 Å². The second-order valence-electron chi connectivity index (χ2n) is 5.52. The van der Waals surface area contributed by atoms with Crippen LogP contribution in [-0.4, -0.2) is 27.2 Å². The summed E-state index contributed by atoms with van der Waals surface area (Å²) in [4.78, 5) is 14.1. The lowest BCUT2D eigenvalue weighted by atomic mass is 10.0. The lowest BCUT2D eigenvalue weighted by Gasteiger charge is -2.33. The van der Waals surface area contributed by atoms with E-state index in [1.165, 1.54) is 19.3 Å². The van der Waals surface area contributed by atoms with Gasteiger partial charge in [-0.15, -0.1) is 0 Å². The Bertz CT molecular complexity index is 482. The van der Waals surface area contributed by atoms with Crippen molar-refractivity contribution in [3.05, 3.63) is 28.2 Å². The van der Waals surface area contributed by atoms with Crippen LogP contribution in [0.15, 0.2) is 17.1 Å². The Morgan fingerprint density at radius 3 is 2.89 bits per heavy atom. The molecule has 106 valence electrons. The highest BCUT2D eigenvalue weighted by Gasteiger charge is 2.19. The molecule has 0 aliphatic carbocycles. The van der Waals surface area contributed by atoms with Crippen molar-refractivity contribution in [2.75, 3.05) is 6.54 Å². The van der Waals surface area contributed by atoms with Gasteiger partial charge in [0.05, 0.1) is 6.20 Å². The Kier molecular flexibility index (Phi) is 4.64.